The van der Waals surface area contributed by atoms with Crippen LogP contribution in [0.2, 0.25) is 0 Å². The van der Waals surface area contributed by atoms with E-state index in [-0.39, 0.29) is 4.81 Å². The zero-order chi connectivity index (χ0) is 7.33. The Morgan fingerprint density at radius 3 is 2.00 bits per heavy atom. The second-order valence-electron chi connectivity index (χ2n) is 1.85. The van der Waals surface area contributed by atoms with Crippen LogP contribution in [0.1, 0.15) is 0 Å². The van der Waals surface area contributed by atoms with Crippen molar-refractivity contribution < 1.29 is 14.5 Å². The Morgan fingerprint density at radius 1 is 1.44 bits per heavy atom. The minimum atomic E-state index is 0.115. The van der Waals surface area contributed by atoms with Gasteiger partial charge in [-0.3, -0.25) is 0 Å². The fourth-order valence-electron chi connectivity index (χ4n) is 0.458. The lowest BCUT2D eigenvalue weighted by Gasteiger charge is -2.23. The second-order valence-corrected chi connectivity index (χ2v) is 1.85. The number of hydrogen-bond donors (Lipinski definition) is 0. The molecule has 0 aliphatic carbocycles. The molecule has 0 aliphatic rings. The zero-order valence-corrected chi connectivity index (χ0v) is 6.26. The number of quaternary nitrogens is 1. The molecule has 0 aromatic carbocycles. The van der Waals surface area contributed by atoms with E-state index in [2.05, 4.69) is 6.58 Å². The van der Waals surface area contributed by atoms with Gasteiger partial charge < -0.3 is 0 Å². The van der Waals surface area contributed by atoms with E-state index in [0.29, 0.717) is 6.54 Å². The van der Waals surface area contributed by atoms with Gasteiger partial charge in [-0.05, 0) is 10.9 Å². The van der Waals surface area contributed by atoms with Crippen LogP contribution < -0.4 is 0 Å². The van der Waals surface area contributed by atoms with Crippen LogP contribution in [0.25, 0.3) is 0 Å². The zero-order valence-electron chi connectivity index (χ0n) is 6.26. The molecule has 0 aliphatic heterocycles. The highest BCUT2D eigenvalue weighted by atomic mass is 17.0. The van der Waals surface area contributed by atoms with E-state index in [4.69, 9.17) is 9.68 Å². The smallest absolute Gasteiger partial charge is 0.160 e. The number of hydroxylamine groups is 4. The lowest BCUT2D eigenvalue weighted by molar-refractivity contribution is -1.23. The maximum Gasteiger partial charge on any atom is 0.160 e. The van der Waals surface area contributed by atoms with Gasteiger partial charge in [-0.15, -0.1) is 0 Å². The molecule has 54 valence electrons. The summed E-state index contributed by atoms with van der Waals surface area (Å²) in [6.45, 7) is 4.21. The summed E-state index contributed by atoms with van der Waals surface area (Å²) in [5, 5.41) is 0. The van der Waals surface area contributed by atoms with E-state index in [1.165, 1.54) is 0 Å². The van der Waals surface area contributed by atoms with Gasteiger partial charge in [-0.1, -0.05) is 6.58 Å². The molecule has 9 heavy (non-hydrogen) atoms. The maximum atomic E-state index is 4.97. The minimum absolute atomic E-state index is 0.115. The van der Waals surface area contributed by atoms with E-state index >= 15 is 0 Å². The van der Waals surface area contributed by atoms with Crippen molar-refractivity contribution in [2.45, 2.75) is 0 Å². The lowest BCUT2D eigenvalue weighted by Crippen LogP contribution is -2.41. The van der Waals surface area contributed by atoms with E-state index in [9.17, 15) is 0 Å². The topological polar surface area (TPSA) is 18.5 Å². The van der Waals surface area contributed by atoms with Crippen molar-refractivity contribution in [2.75, 3.05) is 27.8 Å². The number of rotatable bonds is 4. The molecule has 0 amide bonds. The maximum absolute atomic E-state index is 4.97. The SMILES string of the molecule is C=CC[N+](C)(OC)OC. The van der Waals surface area contributed by atoms with Crippen LogP contribution in [-0.2, 0) is 9.68 Å². The van der Waals surface area contributed by atoms with Gasteiger partial charge in [0.1, 0.15) is 7.05 Å². The van der Waals surface area contributed by atoms with Crippen LogP contribution in [-0.4, -0.2) is 32.6 Å². The summed E-state index contributed by atoms with van der Waals surface area (Å²) < 4.78 is 0. The molecular formula is C6H14NO2+. The van der Waals surface area contributed by atoms with Crippen molar-refractivity contribution >= 4 is 0 Å². The van der Waals surface area contributed by atoms with Crippen LogP contribution >= 0.6 is 0 Å². The molecule has 0 saturated carbocycles. The van der Waals surface area contributed by atoms with Crippen molar-refractivity contribution in [3.05, 3.63) is 12.7 Å². The van der Waals surface area contributed by atoms with Crippen molar-refractivity contribution in [1.82, 2.24) is 0 Å². The van der Waals surface area contributed by atoms with Gasteiger partial charge in [0.15, 0.2) is 6.54 Å². The fourth-order valence-corrected chi connectivity index (χ4v) is 0.458. The van der Waals surface area contributed by atoms with E-state index in [1.807, 2.05) is 7.05 Å². The van der Waals surface area contributed by atoms with Crippen LogP contribution in [0.5, 0.6) is 0 Å². The Balaban J connectivity index is 3.75. The second kappa shape index (κ2) is 3.61. The molecule has 0 unspecified atom stereocenters. The fraction of sp³-hybridized carbons (Fsp3) is 0.667. The van der Waals surface area contributed by atoms with Gasteiger partial charge in [-0.25, -0.2) is 0 Å². The summed E-state index contributed by atoms with van der Waals surface area (Å²) in [5.41, 5.74) is 0. The van der Waals surface area contributed by atoms with Gasteiger partial charge in [0, 0.05) is 0 Å². The monoisotopic (exact) mass is 132 g/mol. The Labute approximate surface area is 56.0 Å². The van der Waals surface area contributed by atoms with Gasteiger partial charge in [0.2, 0.25) is 0 Å². The van der Waals surface area contributed by atoms with Crippen LogP contribution in [0.15, 0.2) is 12.7 Å². The third-order valence-corrected chi connectivity index (χ3v) is 1.23. The van der Waals surface area contributed by atoms with Crippen molar-refractivity contribution in [3.8, 4) is 0 Å². The summed E-state index contributed by atoms with van der Waals surface area (Å²) >= 11 is 0. The molecule has 0 bridgehead atoms. The molecule has 0 radical (unpaired) electrons. The van der Waals surface area contributed by atoms with Gasteiger partial charge >= 0.3 is 0 Å². The van der Waals surface area contributed by atoms with Crippen molar-refractivity contribution in [3.63, 3.8) is 0 Å². The molecule has 3 nitrogen and oxygen atoms in total. The van der Waals surface area contributed by atoms with Crippen LogP contribution in [0.3, 0.4) is 0 Å². The summed E-state index contributed by atoms with van der Waals surface area (Å²) in [6, 6.07) is 0. The largest absolute Gasteiger partial charge is 0.171 e. The normalized spacial score (nSPS) is 11.4. The minimum Gasteiger partial charge on any atom is -0.171 e. The first-order valence-electron chi connectivity index (χ1n) is 2.76. The van der Waals surface area contributed by atoms with E-state index in [1.54, 1.807) is 20.3 Å². The van der Waals surface area contributed by atoms with Crippen LogP contribution in [0.4, 0.5) is 0 Å². The standard InChI is InChI=1S/C6H14NO2/c1-5-6-7(2,8-3)9-4/h5H,1,6H2,2-4H3/q+1. The van der Waals surface area contributed by atoms with Gasteiger partial charge in [-0.2, -0.15) is 9.68 Å². The van der Waals surface area contributed by atoms with E-state index < -0.39 is 0 Å². The van der Waals surface area contributed by atoms with Gasteiger partial charge in [0.25, 0.3) is 0 Å². The molecule has 0 aromatic rings. The average Bonchev–Trinajstić information content (AvgIpc) is 1.89. The Hall–Kier alpha value is -0.380. The molecule has 0 atom stereocenters. The number of likely N-dealkylation sites (N-methyl/N-ethyl adjacent to an activating group) is 1. The molecule has 0 heterocycles. The van der Waals surface area contributed by atoms with Crippen molar-refractivity contribution in [1.29, 1.82) is 0 Å². The first-order chi connectivity index (χ1) is 4.18. The number of nitrogens with zero attached hydrogens (tertiary/aromatic N) is 1. The molecule has 0 spiro atoms. The molecular weight excluding hydrogens is 118 g/mol. The molecule has 0 fully saturated rings. The third kappa shape index (κ3) is 2.60. The number of hydrogen-bond acceptors (Lipinski definition) is 2. The first-order valence-corrected chi connectivity index (χ1v) is 2.76. The molecule has 0 rings (SSSR count). The summed E-state index contributed by atoms with van der Waals surface area (Å²) in [7, 11) is 4.99. The molecule has 0 aromatic heterocycles. The Morgan fingerprint density at radius 2 is 1.89 bits per heavy atom. The lowest BCUT2D eigenvalue weighted by atomic mass is 10.6. The quantitative estimate of drug-likeness (QED) is 0.319. The Bertz CT molecular complexity index is 89.1. The summed E-state index contributed by atoms with van der Waals surface area (Å²) in [5.74, 6) is 0. The third-order valence-electron chi connectivity index (χ3n) is 1.23. The van der Waals surface area contributed by atoms with Gasteiger partial charge in [0.05, 0.1) is 14.2 Å². The van der Waals surface area contributed by atoms with Crippen molar-refractivity contribution in [2.24, 2.45) is 0 Å². The predicted molar refractivity (Wildman–Crippen MR) is 35.3 cm³/mol. The van der Waals surface area contributed by atoms with E-state index in [0.717, 1.165) is 0 Å². The first kappa shape index (κ1) is 8.62. The predicted octanol–water partition coefficient (Wildman–Crippen LogP) is 0.742. The summed E-state index contributed by atoms with van der Waals surface area (Å²) in [6.07, 6.45) is 1.74. The molecule has 3 heteroatoms. The highest BCUT2D eigenvalue weighted by Crippen LogP contribution is 2.00. The molecule has 0 N–H and O–H groups in total. The molecule has 0 saturated heterocycles. The van der Waals surface area contributed by atoms with Crippen LogP contribution in [0, 0.1) is 0 Å². The highest BCUT2D eigenvalue weighted by Gasteiger charge is 2.18. The average molecular weight is 132 g/mol. The Kier molecular flexibility index (Phi) is 3.46. The summed E-state index contributed by atoms with van der Waals surface area (Å²) in [4.78, 5) is 10.1. The highest BCUT2D eigenvalue weighted by molar-refractivity contribution is 4.62.